The molecule has 2 fully saturated rings. The van der Waals surface area contributed by atoms with Gasteiger partial charge in [0, 0.05) is 12.2 Å². The molecule has 1 aromatic carbocycles. The molecule has 2 saturated heterocycles. The van der Waals surface area contributed by atoms with E-state index >= 15 is 0 Å². The Labute approximate surface area is 189 Å². The van der Waals surface area contributed by atoms with Crippen molar-refractivity contribution in [3.05, 3.63) is 48.5 Å². The Balaban J connectivity index is 1.38. The van der Waals surface area contributed by atoms with Crippen LogP contribution in [0.25, 0.3) is 11.2 Å². The number of anilines is 1. The third-order valence-electron chi connectivity index (χ3n) is 5.84. The maximum atomic E-state index is 12.6. The Morgan fingerprint density at radius 3 is 2.82 bits per heavy atom. The molecular weight excluding hydrogens is 430 g/mol. The predicted molar refractivity (Wildman–Crippen MR) is 115 cm³/mol. The summed E-state index contributed by atoms with van der Waals surface area (Å²) in [5, 5.41) is 23.6. The van der Waals surface area contributed by atoms with Crippen molar-refractivity contribution in [2.75, 3.05) is 18.5 Å². The smallest absolute Gasteiger partial charge is 0.256 e. The van der Waals surface area contributed by atoms with Gasteiger partial charge < -0.3 is 29.7 Å². The normalized spacial score (nSPS) is 27.6. The minimum Gasteiger partial charge on any atom is -0.394 e. The Bertz CT molecular complexity index is 1100. The number of hydrogen-bond donors (Lipinski definition) is 3. The lowest BCUT2D eigenvalue weighted by atomic mass is 10.1. The van der Waals surface area contributed by atoms with Gasteiger partial charge in [-0.05, 0) is 31.4 Å². The van der Waals surface area contributed by atoms with Gasteiger partial charge in [-0.2, -0.15) is 0 Å². The van der Waals surface area contributed by atoms with Crippen LogP contribution in [0.5, 0.6) is 0 Å². The van der Waals surface area contributed by atoms with Crippen LogP contribution in [0.15, 0.2) is 43.0 Å². The summed E-state index contributed by atoms with van der Waals surface area (Å²) in [5.74, 6) is -0.0919. The number of hydrogen-bond acceptors (Lipinski definition) is 9. The molecule has 11 nitrogen and oxygen atoms in total. The fraction of sp³-hybridized carbons (Fsp3) is 0.455. The van der Waals surface area contributed by atoms with Crippen LogP contribution in [0.1, 0.15) is 35.8 Å². The summed E-state index contributed by atoms with van der Waals surface area (Å²) in [6.45, 7) is 0.271. The van der Waals surface area contributed by atoms with Crippen molar-refractivity contribution in [2.45, 2.75) is 50.1 Å². The number of imidazole rings is 1. The van der Waals surface area contributed by atoms with E-state index < -0.39 is 30.8 Å². The standard InChI is InChI=1S/C22H25N5O6/c28-10-14-18(33-15-8-4-5-9-31-15)17(29)22(32-14)27-12-25-16-19(23-11-24-20(16)27)26-21(30)13-6-2-1-3-7-13/h1-3,6-7,11-12,14-15,17-18,22,28-29H,4-5,8-10H2,(H,23,24,26,30). The highest BCUT2D eigenvalue weighted by atomic mass is 16.7. The Hall–Kier alpha value is -2.96. The predicted octanol–water partition coefficient (Wildman–Crippen LogP) is 1.24. The zero-order chi connectivity index (χ0) is 22.8. The fourth-order valence-electron chi connectivity index (χ4n) is 4.16. The number of nitrogens with zero attached hydrogens (tertiary/aromatic N) is 4. The Kier molecular flexibility index (Phi) is 6.29. The Morgan fingerprint density at radius 1 is 1.21 bits per heavy atom. The van der Waals surface area contributed by atoms with Crippen molar-refractivity contribution in [2.24, 2.45) is 0 Å². The summed E-state index contributed by atoms with van der Waals surface area (Å²) in [7, 11) is 0. The van der Waals surface area contributed by atoms with E-state index in [1.807, 2.05) is 6.07 Å². The monoisotopic (exact) mass is 455 g/mol. The number of nitrogens with one attached hydrogen (secondary N) is 1. The summed E-state index contributed by atoms with van der Waals surface area (Å²) in [6.07, 6.45) is 1.47. The molecule has 2 aromatic heterocycles. The van der Waals surface area contributed by atoms with Gasteiger partial charge in [0.05, 0.1) is 12.9 Å². The Morgan fingerprint density at radius 2 is 2.06 bits per heavy atom. The number of benzene rings is 1. The van der Waals surface area contributed by atoms with Gasteiger partial charge in [0.15, 0.2) is 29.5 Å². The molecule has 0 saturated carbocycles. The molecule has 5 unspecified atom stereocenters. The van der Waals surface area contributed by atoms with Crippen molar-refractivity contribution < 1.29 is 29.2 Å². The first-order chi connectivity index (χ1) is 16.2. The third kappa shape index (κ3) is 4.33. The summed E-state index contributed by atoms with van der Waals surface area (Å²) >= 11 is 0. The largest absolute Gasteiger partial charge is 0.394 e. The molecule has 5 rings (SSSR count). The van der Waals surface area contributed by atoms with Crippen LogP contribution in [-0.2, 0) is 14.2 Å². The fourth-order valence-corrected chi connectivity index (χ4v) is 4.16. The first-order valence-electron chi connectivity index (χ1n) is 10.9. The van der Waals surface area contributed by atoms with Crippen LogP contribution in [0, 0.1) is 0 Å². The minimum atomic E-state index is -1.09. The number of rotatable bonds is 6. The molecule has 4 heterocycles. The highest BCUT2D eigenvalue weighted by Gasteiger charge is 2.47. The molecule has 0 radical (unpaired) electrons. The number of aromatic nitrogens is 4. The van der Waals surface area contributed by atoms with Crippen LogP contribution in [-0.4, -0.2) is 73.5 Å². The zero-order valence-corrected chi connectivity index (χ0v) is 17.8. The molecule has 3 N–H and O–H groups in total. The van der Waals surface area contributed by atoms with Crippen LogP contribution < -0.4 is 5.32 Å². The quantitative estimate of drug-likeness (QED) is 0.501. The molecule has 3 aromatic rings. The van der Waals surface area contributed by atoms with Crippen LogP contribution >= 0.6 is 0 Å². The first kappa shape index (κ1) is 21.9. The van der Waals surface area contributed by atoms with E-state index in [0.717, 1.165) is 19.3 Å². The first-order valence-corrected chi connectivity index (χ1v) is 10.9. The second-order valence-corrected chi connectivity index (χ2v) is 8.00. The molecular formula is C22H25N5O6. The molecule has 2 aliphatic rings. The van der Waals surface area contributed by atoms with E-state index in [4.69, 9.17) is 14.2 Å². The lowest BCUT2D eigenvalue weighted by Gasteiger charge is -2.28. The summed E-state index contributed by atoms with van der Waals surface area (Å²) < 4.78 is 19.0. The number of carbonyl (C=O) groups is 1. The van der Waals surface area contributed by atoms with E-state index in [1.54, 1.807) is 28.8 Å². The van der Waals surface area contributed by atoms with E-state index in [0.29, 0.717) is 23.3 Å². The minimum absolute atomic E-state index is 0.238. The van der Waals surface area contributed by atoms with Crippen molar-refractivity contribution >= 4 is 22.9 Å². The molecule has 2 aliphatic heterocycles. The summed E-state index contributed by atoms with van der Waals surface area (Å²) in [6, 6.07) is 8.75. The highest BCUT2D eigenvalue weighted by Crippen LogP contribution is 2.35. The number of fused-ring (bicyclic) bond motifs is 1. The van der Waals surface area contributed by atoms with Crippen molar-refractivity contribution in [1.29, 1.82) is 0 Å². The van der Waals surface area contributed by atoms with E-state index in [2.05, 4.69) is 20.3 Å². The van der Waals surface area contributed by atoms with E-state index in [9.17, 15) is 15.0 Å². The van der Waals surface area contributed by atoms with Crippen molar-refractivity contribution in [1.82, 2.24) is 19.5 Å². The van der Waals surface area contributed by atoms with Gasteiger partial charge in [0.2, 0.25) is 0 Å². The van der Waals surface area contributed by atoms with Crippen LogP contribution in [0.3, 0.4) is 0 Å². The zero-order valence-electron chi connectivity index (χ0n) is 17.8. The summed E-state index contributed by atoms with van der Waals surface area (Å²) in [5.41, 5.74) is 1.19. The molecule has 5 atom stereocenters. The second kappa shape index (κ2) is 9.49. The highest BCUT2D eigenvalue weighted by molar-refractivity contribution is 6.06. The number of carbonyl (C=O) groups excluding carboxylic acids is 1. The molecule has 0 spiro atoms. The van der Waals surface area contributed by atoms with Gasteiger partial charge in [-0.15, -0.1) is 0 Å². The number of amides is 1. The van der Waals surface area contributed by atoms with Gasteiger partial charge in [-0.1, -0.05) is 18.2 Å². The topological polar surface area (TPSA) is 141 Å². The molecule has 1 amide bonds. The third-order valence-corrected chi connectivity index (χ3v) is 5.84. The van der Waals surface area contributed by atoms with Gasteiger partial charge in [0.1, 0.15) is 24.6 Å². The maximum absolute atomic E-state index is 12.6. The lowest BCUT2D eigenvalue weighted by Crippen LogP contribution is -2.40. The van der Waals surface area contributed by atoms with Crippen LogP contribution in [0.2, 0.25) is 0 Å². The lowest BCUT2D eigenvalue weighted by molar-refractivity contribution is -0.210. The van der Waals surface area contributed by atoms with E-state index in [-0.39, 0.29) is 18.3 Å². The molecule has 33 heavy (non-hydrogen) atoms. The molecule has 11 heteroatoms. The van der Waals surface area contributed by atoms with E-state index in [1.165, 1.54) is 12.7 Å². The maximum Gasteiger partial charge on any atom is 0.256 e. The second-order valence-electron chi connectivity index (χ2n) is 8.00. The summed E-state index contributed by atoms with van der Waals surface area (Å²) in [4.78, 5) is 25.3. The van der Waals surface area contributed by atoms with Gasteiger partial charge in [-0.25, -0.2) is 15.0 Å². The molecule has 174 valence electrons. The molecule has 0 aliphatic carbocycles. The average molecular weight is 455 g/mol. The SMILES string of the molecule is O=C(Nc1ncnc2c1ncn2C1OC(CO)C(OC2CCCCO2)C1O)c1ccccc1. The van der Waals surface area contributed by atoms with Gasteiger partial charge in [-0.3, -0.25) is 9.36 Å². The van der Waals surface area contributed by atoms with Gasteiger partial charge >= 0.3 is 0 Å². The number of aliphatic hydroxyl groups is 2. The number of ether oxygens (including phenoxy) is 3. The molecule has 0 bridgehead atoms. The van der Waals surface area contributed by atoms with Crippen LogP contribution in [0.4, 0.5) is 5.82 Å². The van der Waals surface area contributed by atoms with Gasteiger partial charge in [0.25, 0.3) is 5.91 Å². The van der Waals surface area contributed by atoms with Crippen molar-refractivity contribution in [3.63, 3.8) is 0 Å². The average Bonchev–Trinajstić information content (AvgIpc) is 3.42. The number of aliphatic hydroxyl groups excluding tert-OH is 2. The van der Waals surface area contributed by atoms with Crippen molar-refractivity contribution in [3.8, 4) is 0 Å².